The highest BCUT2D eigenvalue weighted by atomic mass is 35.5. The normalized spacial score (nSPS) is 17.9. The molecular formula is C10H7ClO2. The summed E-state index contributed by atoms with van der Waals surface area (Å²) in [6.45, 7) is 0. The Morgan fingerprint density at radius 2 is 2.23 bits per heavy atom. The summed E-state index contributed by atoms with van der Waals surface area (Å²) in [5, 5.41) is 9.38. The zero-order valence-electron chi connectivity index (χ0n) is 6.75. The lowest BCUT2D eigenvalue weighted by Crippen LogP contribution is -1.94. The third kappa shape index (κ3) is 1.23. The first-order chi connectivity index (χ1) is 6.22. The van der Waals surface area contributed by atoms with Gasteiger partial charge >= 0.3 is 0 Å². The molecule has 13 heavy (non-hydrogen) atoms. The molecule has 2 rings (SSSR count). The molecule has 1 aliphatic rings. The number of allylic oxidation sites excluding steroid dienone is 1. The summed E-state index contributed by atoms with van der Waals surface area (Å²) in [5.41, 5.74) is 1.96. The Kier molecular flexibility index (Phi) is 1.85. The second-order valence-corrected chi connectivity index (χ2v) is 3.40. The number of benzene rings is 1. The predicted octanol–water partition coefficient (Wildman–Crippen LogP) is 2.52. The predicted molar refractivity (Wildman–Crippen MR) is 50.2 cm³/mol. The molecule has 0 atom stereocenters. The summed E-state index contributed by atoms with van der Waals surface area (Å²) in [4.78, 5) is 11.5. The molecule has 0 aromatic heterocycles. The van der Waals surface area contributed by atoms with E-state index in [1.807, 2.05) is 0 Å². The molecule has 66 valence electrons. The van der Waals surface area contributed by atoms with Crippen LogP contribution in [0.4, 0.5) is 0 Å². The summed E-state index contributed by atoms with van der Waals surface area (Å²) < 4.78 is 0. The molecule has 0 bridgehead atoms. The van der Waals surface area contributed by atoms with Gasteiger partial charge in [0, 0.05) is 22.6 Å². The van der Waals surface area contributed by atoms with Crippen LogP contribution in [0.15, 0.2) is 30.0 Å². The first-order valence-electron chi connectivity index (χ1n) is 3.89. The Morgan fingerprint density at radius 3 is 2.92 bits per heavy atom. The molecular weight excluding hydrogens is 188 g/mol. The summed E-state index contributed by atoms with van der Waals surface area (Å²) in [5.74, 6) is -0.103. The number of fused-ring (bicyclic) bond motifs is 1. The summed E-state index contributed by atoms with van der Waals surface area (Å²) >= 11 is 5.77. The van der Waals surface area contributed by atoms with Crippen LogP contribution < -0.4 is 0 Å². The van der Waals surface area contributed by atoms with Crippen LogP contribution in [0.1, 0.15) is 15.9 Å². The van der Waals surface area contributed by atoms with Gasteiger partial charge in [-0.1, -0.05) is 11.6 Å². The summed E-state index contributed by atoms with van der Waals surface area (Å²) in [6.07, 6.45) is 1.35. The van der Waals surface area contributed by atoms with Gasteiger partial charge in [0.1, 0.15) is 0 Å². The van der Waals surface area contributed by atoms with Crippen LogP contribution in [0.3, 0.4) is 0 Å². The van der Waals surface area contributed by atoms with Crippen LogP contribution in [0.25, 0.3) is 0 Å². The number of hydrogen-bond acceptors (Lipinski definition) is 2. The lowest BCUT2D eigenvalue weighted by atomic mass is 10.1. The zero-order valence-corrected chi connectivity index (χ0v) is 7.51. The van der Waals surface area contributed by atoms with Gasteiger partial charge in [-0.15, -0.1) is 0 Å². The highest BCUT2D eigenvalue weighted by Gasteiger charge is 2.24. The van der Waals surface area contributed by atoms with Crippen molar-refractivity contribution in [1.82, 2.24) is 0 Å². The monoisotopic (exact) mass is 194 g/mol. The van der Waals surface area contributed by atoms with Crippen LogP contribution in [-0.2, 0) is 6.42 Å². The van der Waals surface area contributed by atoms with E-state index in [1.54, 1.807) is 18.2 Å². The number of ketones is 1. The van der Waals surface area contributed by atoms with Gasteiger partial charge in [-0.05, 0) is 23.8 Å². The van der Waals surface area contributed by atoms with Crippen molar-refractivity contribution in [2.45, 2.75) is 6.42 Å². The van der Waals surface area contributed by atoms with Crippen LogP contribution in [0.5, 0.6) is 0 Å². The van der Waals surface area contributed by atoms with E-state index in [1.165, 1.54) is 0 Å². The molecule has 1 aromatic rings. The Labute approximate surface area is 80.5 Å². The molecule has 0 saturated heterocycles. The summed E-state index contributed by atoms with van der Waals surface area (Å²) in [7, 11) is 0. The molecule has 1 N–H and O–H groups in total. The number of carbonyl (C=O) groups is 1. The maximum absolute atomic E-state index is 11.5. The van der Waals surface area contributed by atoms with Crippen LogP contribution >= 0.6 is 11.6 Å². The molecule has 0 aliphatic heterocycles. The van der Waals surface area contributed by atoms with E-state index >= 15 is 0 Å². The maximum Gasteiger partial charge on any atom is 0.192 e. The van der Waals surface area contributed by atoms with Crippen LogP contribution in [0.2, 0.25) is 5.02 Å². The second-order valence-electron chi connectivity index (χ2n) is 2.96. The third-order valence-electron chi connectivity index (χ3n) is 2.14. The van der Waals surface area contributed by atoms with Crippen molar-refractivity contribution in [3.63, 3.8) is 0 Å². The van der Waals surface area contributed by atoms with Crippen molar-refractivity contribution in [2.75, 3.05) is 0 Å². The zero-order chi connectivity index (χ0) is 9.42. The van der Waals surface area contributed by atoms with Gasteiger partial charge in [0.25, 0.3) is 0 Å². The van der Waals surface area contributed by atoms with Crippen molar-refractivity contribution < 1.29 is 9.90 Å². The van der Waals surface area contributed by atoms with E-state index in [2.05, 4.69) is 0 Å². The van der Waals surface area contributed by atoms with E-state index in [4.69, 9.17) is 16.7 Å². The number of Topliss-reactive ketones (excluding diaryl/α,β-unsaturated/α-hetero) is 1. The Bertz CT molecular complexity index is 407. The van der Waals surface area contributed by atoms with E-state index < -0.39 is 0 Å². The molecule has 3 heteroatoms. The van der Waals surface area contributed by atoms with E-state index in [0.29, 0.717) is 22.6 Å². The van der Waals surface area contributed by atoms with Crippen molar-refractivity contribution in [3.05, 3.63) is 46.2 Å². The van der Waals surface area contributed by atoms with Gasteiger partial charge in [0.2, 0.25) is 0 Å². The molecule has 2 nitrogen and oxygen atoms in total. The number of halogens is 1. The van der Waals surface area contributed by atoms with Gasteiger partial charge in [-0.25, -0.2) is 0 Å². The van der Waals surface area contributed by atoms with Gasteiger partial charge in [0.15, 0.2) is 5.78 Å². The summed E-state index contributed by atoms with van der Waals surface area (Å²) in [6, 6.07) is 5.13. The van der Waals surface area contributed by atoms with Crippen LogP contribution in [-0.4, -0.2) is 10.9 Å². The lowest BCUT2D eigenvalue weighted by molar-refractivity contribution is 0.103. The first-order valence-corrected chi connectivity index (χ1v) is 4.26. The molecule has 1 aromatic carbocycles. The Morgan fingerprint density at radius 1 is 1.46 bits per heavy atom. The highest BCUT2D eigenvalue weighted by Crippen LogP contribution is 2.28. The molecule has 0 fully saturated rings. The van der Waals surface area contributed by atoms with Crippen molar-refractivity contribution >= 4 is 17.4 Å². The minimum Gasteiger partial charge on any atom is -0.515 e. The highest BCUT2D eigenvalue weighted by molar-refractivity contribution is 6.31. The molecule has 0 radical (unpaired) electrons. The SMILES string of the molecule is O=C1/C(=C\O)Cc2cc(Cl)ccc21. The van der Waals surface area contributed by atoms with Crippen LogP contribution in [0, 0.1) is 0 Å². The van der Waals surface area contributed by atoms with E-state index in [-0.39, 0.29) is 5.78 Å². The molecule has 0 spiro atoms. The van der Waals surface area contributed by atoms with Gasteiger partial charge in [0.05, 0.1) is 6.26 Å². The minimum absolute atomic E-state index is 0.103. The fourth-order valence-corrected chi connectivity index (χ4v) is 1.69. The molecule has 0 saturated carbocycles. The van der Waals surface area contributed by atoms with E-state index in [0.717, 1.165) is 11.8 Å². The number of hydrogen-bond donors (Lipinski definition) is 1. The smallest absolute Gasteiger partial charge is 0.192 e. The van der Waals surface area contributed by atoms with Gasteiger partial charge < -0.3 is 5.11 Å². The van der Waals surface area contributed by atoms with E-state index in [9.17, 15) is 4.79 Å². The standard InChI is InChI=1S/C10H7ClO2/c11-8-1-2-9-6(4-8)3-7(5-12)10(9)13/h1-2,4-5,12H,3H2/b7-5-. The number of aliphatic hydroxyl groups is 1. The molecule has 1 aliphatic carbocycles. The average molecular weight is 195 g/mol. The van der Waals surface area contributed by atoms with Crippen molar-refractivity contribution in [1.29, 1.82) is 0 Å². The molecule has 0 unspecified atom stereocenters. The largest absolute Gasteiger partial charge is 0.515 e. The lowest BCUT2D eigenvalue weighted by Gasteiger charge is -1.95. The first kappa shape index (κ1) is 8.32. The number of aliphatic hydroxyl groups excluding tert-OH is 1. The van der Waals surface area contributed by atoms with Gasteiger partial charge in [-0.2, -0.15) is 0 Å². The quantitative estimate of drug-likeness (QED) is 0.509. The second kappa shape index (κ2) is 2.89. The maximum atomic E-state index is 11.5. The van der Waals surface area contributed by atoms with Crippen molar-refractivity contribution in [3.8, 4) is 0 Å². The van der Waals surface area contributed by atoms with Crippen molar-refractivity contribution in [2.24, 2.45) is 0 Å². The fraction of sp³-hybridized carbons (Fsp3) is 0.100. The number of carbonyl (C=O) groups excluding carboxylic acids is 1. The van der Waals surface area contributed by atoms with Gasteiger partial charge in [-0.3, -0.25) is 4.79 Å². The average Bonchev–Trinajstić information content (AvgIpc) is 2.42. The topological polar surface area (TPSA) is 37.3 Å². The molecule has 0 heterocycles. The Balaban J connectivity index is 2.56. The Hall–Kier alpha value is -1.28. The number of rotatable bonds is 0. The fourth-order valence-electron chi connectivity index (χ4n) is 1.49. The third-order valence-corrected chi connectivity index (χ3v) is 2.38. The molecule has 0 amide bonds. The minimum atomic E-state index is -0.103.